The van der Waals surface area contributed by atoms with Crippen LogP contribution in [0.5, 0.6) is 0 Å². The Morgan fingerprint density at radius 3 is 2.47 bits per heavy atom. The first kappa shape index (κ1) is 20.3. The zero-order valence-corrected chi connectivity index (χ0v) is 17.8. The number of para-hydroxylation sites is 2. The highest BCUT2D eigenvalue weighted by atomic mass is 19.1. The number of hydrogen-bond acceptors (Lipinski definition) is 3. The van der Waals surface area contributed by atoms with Gasteiger partial charge in [-0.25, -0.2) is 13.8 Å². The van der Waals surface area contributed by atoms with E-state index in [-0.39, 0.29) is 35.8 Å². The number of anilines is 1. The van der Waals surface area contributed by atoms with Gasteiger partial charge in [-0.15, -0.1) is 0 Å². The van der Waals surface area contributed by atoms with Gasteiger partial charge in [0.2, 0.25) is 11.7 Å². The lowest BCUT2D eigenvalue weighted by Crippen LogP contribution is -2.36. The van der Waals surface area contributed by atoms with Gasteiger partial charge in [-0.3, -0.25) is 18.6 Å². The van der Waals surface area contributed by atoms with E-state index in [1.54, 1.807) is 34.7 Å². The number of nitrogens with zero attached hydrogens (tertiary/aromatic N) is 3. The quantitative estimate of drug-likeness (QED) is 0.436. The van der Waals surface area contributed by atoms with Gasteiger partial charge in [0, 0.05) is 12.3 Å². The minimum Gasteiger partial charge on any atom is -0.311 e. The number of rotatable bonds is 3. The van der Waals surface area contributed by atoms with Gasteiger partial charge >= 0.3 is 0 Å². The molecule has 5 aromatic rings. The topological polar surface area (TPSA) is 68.4 Å². The van der Waals surface area contributed by atoms with Gasteiger partial charge in [0.15, 0.2) is 0 Å². The van der Waals surface area contributed by atoms with Crippen LogP contribution < -0.4 is 10.9 Å². The first-order valence-corrected chi connectivity index (χ1v) is 10.8. The molecule has 6 rings (SSSR count). The molecule has 2 aromatic heterocycles. The predicted octanol–water partition coefficient (Wildman–Crippen LogP) is 4.45. The fraction of sp³-hybridized carbons (Fsp3) is 0.115. The third-order valence-electron chi connectivity index (χ3n) is 6.27. The fourth-order valence-corrected chi connectivity index (χ4v) is 4.72. The molecule has 6 nitrogen and oxygen atoms in total. The normalized spacial score (nSPS) is 15.5. The molecular formula is C26H18F2N4O2. The molecule has 0 fully saturated rings. The molecule has 1 aliphatic heterocycles. The van der Waals surface area contributed by atoms with Crippen LogP contribution in [-0.2, 0) is 11.3 Å². The van der Waals surface area contributed by atoms with Crippen molar-refractivity contribution in [2.45, 2.75) is 18.9 Å². The molecule has 3 heterocycles. The van der Waals surface area contributed by atoms with Crippen molar-refractivity contribution >= 4 is 28.5 Å². The number of benzene rings is 3. The van der Waals surface area contributed by atoms with E-state index in [9.17, 15) is 18.4 Å². The molecule has 0 saturated heterocycles. The molecule has 8 heteroatoms. The van der Waals surface area contributed by atoms with Gasteiger partial charge in [0.1, 0.15) is 17.5 Å². The number of aromatic nitrogens is 3. The Hall–Kier alpha value is -4.33. The Balaban J connectivity index is 1.70. The molecule has 1 aliphatic rings. The van der Waals surface area contributed by atoms with E-state index in [1.807, 2.05) is 24.3 Å². The molecule has 0 spiro atoms. The van der Waals surface area contributed by atoms with Crippen molar-refractivity contribution in [1.29, 1.82) is 0 Å². The van der Waals surface area contributed by atoms with E-state index in [0.717, 1.165) is 0 Å². The summed E-state index contributed by atoms with van der Waals surface area (Å²) in [5, 5.41) is 2.84. The molecule has 34 heavy (non-hydrogen) atoms. The van der Waals surface area contributed by atoms with Crippen molar-refractivity contribution in [1.82, 2.24) is 14.0 Å². The van der Waals surface area contributed by atoms with Crippen LogP contribution >= 0.6 is 0 Å². The monoisotopic (exact) mass is 456 g/mol. The summed E-state index contributed by atoms with van der Waals surface area (Å²) >= 11 is 0. The number of nitrogens with one attached hydrogen (secondary N) is 1. The summed E-state index contributed by atoms with van der Waals surface area (Å²) in [6.45, 7) is 0.136. The summed E-state index contributed by atoms with van der Waals surface area (Å²) in [5.41, 5.74) is 2.26. The molecule has 1 atom stereocenters. The standard InChI is InChI=1S/C26H18F2N4O2/c27-16-11-9-15(10-12-16)14-31-25(34)23-18(17-5-1-2-6-19(17)28)13-22(33)30-24(23)32-21-8-4-3-7-20(21)29-26(31)32/h1-12,18H,13-14H2,(H,30,33). The van der Waals surface area contributed by atoms with Gasteiger partial charge < -0.3 is 5.32 Å². The number of amides is 1. The van der Waals surface area contributed by atoms with Crippen LogP contribution in [0, 0.1) is 11.6 Å². The molecular weight excluding hydrogens is 438 g/mol. The maximum Gasteiger partial charge on any atom is 0.261 e. The number of hydrogen-bond donors (Lipinski definition) is 1. The van der Waals surface area contributed by atoms with E-state index in [4.69, 9.17) is 0 Å². The first-order valence-electron chi connectivity index (χ1n) is 10.8. The Morgan fingerprint density at radius 2 is 1.68 bits per heavy atom. The Kier molecular flexibility index (Phi) is 4.55. The zero-order valence-electron chi connectivity index (χ0n) is 17.8. The highest BCUT2D eigenvalue weighted by Crippen LogP contribution is 2.37. The van der Waals surface area contributed by atoms with Crippen LogP contribution in [0.1, 0.15) is 29.0 Å². The van der Waals surface area contributed by atoms with Crippen molar-refractivity contribution in [2.24, 2.45) is 0 Å². The molecule has 0 aliphatic carbocycles. The van der Waals surface area contributed by atoms with Crippen LogP contribution in [-0.4, -0.2) is 19.9 Å². The van der Waals surface area contributed by atoms with Crippen molar-refractivity contribution < 1.29 is 13.6 Å². The van der Waals surface area contributed by atoms with Gasteiger partial charge in [0.05, 0.1) is 23.1 Å². The summed E-state index contributed by atoms with van der Waals surface area (Å²) in [6, 6.07) is 19.4. The third-order valence-corrected chi connectivity index (χ3v) is 6.27. The van der Waals surface area contributed by atoms with E-state index in [2.05, 4.69) is 10.3 Å². The number of imidazole rings is 1. The minimum absolute atomic E-state index is 0.0577. The van der Waals surface area contributed by atoms with Crippen LogP contribution in [0.25, 0.3) is 16.8 Å². The van der Waals surface area contributed by atoms with E-state index in [0.29, 0.717) is 33.8 Å². The van der Waals surface area contributed by atoms with Gasteiger partial charge in [-0.2, -0.15) is 0 Å². The number of fused-ring (bicyclic) bond motifs is 5. The molecule has 1 unspecified atom stereocenters. The van der Waals surface area contributed by atoms with Gasteiger partial charge in [0.25, 0.3) is 5.56 Å². The van der Waals surface area contributed by atoms with Crippen molar-refractivity contribution in [3.05, 3.63) is 111 Å². The van der Waals surface area contributed by atoms with Crippen LogP contribution in [0.3, 0.4) is 0 Å². The Labute approximate surface area is 192 Å². The second-order valence-electron chi connectivity index (χ2n) is 8.34. The third kappa shape index (κ3) is 3.10. The predicted molar refractivity (Wildman–Crippen MR) is 124 cm³/mol. The maximum atomic E-state index is 14.8. The van der Waals surface area contributed by atoms with E-state index in [1.165, 1.54) is 22.8 Å². The average Bonchev–Trinajstić information content (AvgIpc) is 3.22. The van der Waals surface area contributed by atoms with E-state index < -0.39 is 11.7 Å². The average molecular weight is 456 g/mol. The maximum absolute atomic E-state index is 14.8. The second-order valence-corrected chi connectivity index (χ2v) is 8.34. The van der Waals surface area contributed by atoms with Crippen LogP contribution in [0.2, 0.25) is 0 Å². The van der Waals surface area contributed by atoms with Gasteiger partial charge in [-0.1, -0.05) is 42.5 Å². The second kappa shape index (κ2) is 7.62. The smallest absolute Gasteiger partial charge is 0.261 e. The van der Waals surface area contributed by atoms with Crippen molar-refractivity contribution in [2.75, 3.05) is 5.32 Å². The first-order chi connectivity index (χ1) is 16.5. The number of carbonyl (C=O) groups is 1. The summed E-state index contributed by atoms with van der Waals surface area (Å²) in [4.78, 5) is 31.3. The number of halogens is 2. The summed E-state index contributed by atoms with van der Waals surface area (Å²) in [6.07, 6.45) is -0.0577. The SMILES string of the molecule is O=C1CC(c2ccccc2F)c2c(n3c4ccccc4nc3n(Cc3ccc(F)cc3)c2=O)N1. The molecule has 3 aromatic carbocycles. The minimum atomic E-state index is -0.762. The summed E-state index contributed by atoms with van der Waals surface area (Å²) in [5.74, 6) is -1.29. The van der Waals surface area contributed by atoms with Crippen molar-refractivity contribution in [3.63, 3.8) is 0 Å². The molecule has 0 radical (unpaired) electrons. The molecule has 1 N–H and O–H groups in total. The molecule has 0 bridgehead atoms. The Bertz CT molecular complexity index is 1650. The van der Waals surface area contributed by atoms with Crippen molar-refractivity contribution in [3.8, 4) is 0 Å². The number of carbonyl (C=O) groups excluding carboxylic acids is 1. The highest BCUT2D eigenvalue weighted by molar-refractivity contribution is 5.96. The van der Waals surface area contributed by atoms with E-state index >= 15 is 0 Å². The largest absolute Gasteiger partial charge is 0.311 e. The lowest BCUT2D eigenvalue weighted by atomic mass is 9.86. The zero-order chi connectivity index (χ0) is 23.4. The molecule has 168 valence electrons. The van der Waals surface area contributed by atoms with Crippen LogP contribution in [0.4, 0.5) is 14.6 Å². The molecule has 1 amide bonds. The molecule has 0 saturated carbocycles. The lowest BCUT2D eigenvalue weighted by molar-refractivity contribution is -0.116. The fourth-order valence-electron chi connectivity index (χ4n) is 4.72. The summed E-state index contributed by atoms with van der Waals surface area (Å²) in [7, 11) is 0. The highest BCUT2D eigenvalue weighted by Gasteiger charge is 2.34. The van der Waals surface area contributed by atoms with Gasteiger partial charge in [-0.05, 0) is 41.5 Å². The lowest BCUT2D eigenvalue weighted by Gasteiger charge is -2.27. The van der Waals surface area contributed by atoms with Crippen LogP contribution in [0.15, 0.2) is 77.6 Å². The summed E-state index contributed by atoms with van der Waals surface area (Å²) < 4.78 is 31.5. The Morgan fingerprint density at radius 1 is 0.941 bits per heavy atom.